The Labute approximate surface area is 206 Å². The van der Waals surface area contributed by atoms with E-state index in [9.17, 15) is 4.79 Å². The van der Waals surface area contributed by atoms with Crippen LogP contribution in [0.3, 0.4) is 0 Å². The maximum Gasteiger partial charge on any atom is 0.273 e. The molecule has 2 aromatic carbocycles. The highest BCUT2D eigenvalue weighted by Crippen LogP contribution is 2.34. The molecule has 0 radical (unpaired) electrons. The average molecular weight is 489 g/mol. The highest BCUT2D eigenvalue weighted by atomic mass is 16.7. The molecule has 1 amide bonds. The van der Waals surface area contributed by atoms with Gasteiger partial charge in [-0.25, -0.2) is 4.98 Å². The molecule has 4 aromatic rings. The van der Waals surface area contributed by atoms with E-state index in [-0.39, 0.29) is 31.7 Å². The number of carbonyl (C=O) groups excluding carboxylic acids is 1. The van der Waals surface area contributed by atoms with E-state index in [2.05, 4.69) is 15.2 Å². The van der Waals surface area contributed by atoms with Crippen molar-refractivity contribution in [1.29, 1.82) is 0 Å². The molecule has 2 aromatic heterocycles. The summed E-state index contributed by atoms with van der Waals surface area (Å²) in [7, 11) is 0. The largest absolute Gasteiger partial charge is 0.467 e. The summed E-state index contributed by atoms with van der Waals surface area (Å²) in [5.74, 6) is 3.67. The van der Waals surface area contributed by atoms with E-state index in [4.69, 9.17) is 27.8 Å². The fourth-order valence-corrected chi connectivity index (χ4v) is 4.11. The number of hydrogen-bond donors (Lipinski definition) is 1. The number of rotatable bonds is 9. The van der Waals surface area contributed by atoms with Crippen molar-refractivity contribution in [1.82, 2.24) is 15.2 Å². The number of fused-ring (bicyclic) bond motifs is 2. The van der Waals surface area contributed by atoms with Gasteiger partial charge in [0.25, 0.3) is 5.91 Å². The molecular formula is C26H23N3O7. The maximum atomic E-state index is 12.5. The summed E-state index contributed by atoms with van der Waals surface area (Å²) in [5.41, 5.74) is 2.30. The Morgan fingerprint density at radius 2 is 1.50 bits per heavy atom. The molecule has 6 rings (SSSR count). The molecule has 36 heavy (non-hydrogen) atoms. The Kier molecular flexibility index (Phi) is 5.92. The van der Waals surface area contributed by atoms with Crippen LogP contribution in [0.5, 0.6) is 23.0 Å². The number of carbonyl (C=O) groups is 1. The van der Waals surface area contributed by atoms with E-state index in [1.165, 1.54) is 6.26 Å². The molecule has 0 saturated carbocycles. The number of oxazole rings is 1. The number of furan rings is 1. The Hall–Kier alpha value is -4.44. The Bertz CT molecular complexity index is 1310. The minimum absolute atomic E-state index is 0.211. The molecule has 0 aliphatic carbocycles. The molecule has 0 saturated heterocycles. The van der Waals surface area contributed by atoms with Crippen LogP contribution >= 0.6 is 0 Å². The Morgan fingerprint density at radius 1 is 0.833 bits per heavy atom. The lowest BCUT2D eigenvalue weighted by Gasteiger charge is -2.21. The van der Waals surface area contributed by atoms with Crippen LogP contribution in [0.2, 0.25) is 0 Å². The SMILES string of the molecule is O=C(NCc1ccco1)c1coc(CN(Cc2ccc3c(c2)OCO3)Cc2ccc3c(c2)OCO3)n1. The lowest BCUT2D eigenvalue weighted by molar-refractivity contribution is 0.0943. The van der Waals surface area contributed by atoms with Crippen LogP contribution < -0.4 is 24.3 Å². The van der Waals surface area contributed by atoms with Crippen molar-refractivity contribution in [3.63, 3.8) is 0 Å². The fourth-order valence-electron chi connectivity index (χ4n) is 4.11. The van der Waals surface area contributed by atoms with Crippen molar-refractivity contribution in [3.05, 3.63) is 89.5 Å². The van der Waals surface area contributed by atoms with Crippen molar-refractivity contribution >= 4 is 5.91 Å². The third kappa shape index (κ3) is 4.84. The zero-order valence-corrected chi connectivity index (χ0v) is 19.3. The second kappa shape index (κ2) is 9.67. The summed E-state index contributed by atoms with van der Waals surface area (Å²) in [6.45, 7) is 2.28. The van der Waals surface area contributed by atoms with E-state index >= 15 is 0 Å². The molecule has 0 unspecified atom stereocenters. The predicted molar refractivity (Wildman–Crippen MR) is 124 cm³/mol. The summed E-state index contributed by atoms with van der Waals surface area (Å²) >= 11 is 0. The lowest BCUT2D eigenvalue weighted by atomic mass is 10.1. The second-order valence-corrected chi connectivity index (χ2v) is 8.41. The normalized spacial score (nSPS) is 13.4. The lowest BCUT2D eigenvalue weighted by Crippen LogP contribution is -2.24. The number of hydrogen-bond acceptors (Lipinski definition) is 9. The zero-order valence-electron chi connectivity index (χ0n) is 19.3. The minimum atomic E-state index is -0.334. The summed E-state index contributed by atoms with van der Waals surface area (Å²) < 4.78 is 32.8. The second-order valence-electron chi connectivity index (χ2n) is 8.41. The van der Waals surface area contributed by atoms with Crippen LogP contribution in [-0.4, -0.2) is 29.4 Å². The predicted octanol–water partition coefficient (Wildman–Crippen LogP) is 3.86. The number of ether oxygens (including phenoxy) is 4. The first-order valence-corrected chi connectivity index (χ1v) is 11.4. The first-order chi connectivity index (χ1) is 17.7. The number of aromatic nitrogens is 1. The molecular weight excluding hydrogens is 466 g/mol. The molecule has 184 valence electrons. The molecule has 0 bridgehead atoms. The van der Waals surface area contributed by atoms with E-state index in [0.29, 0.717) is 31.3 Å². The Balaban J connectivity index is 1.18. The summed E-state index contributed by atoms with van der Waals surface area (Å²) in [5, 5.41) is 2.78. The van der Waals surface area contributed by atoms with Gasteiger partial charge in [-0.15, -0.1) is 0 Å². The summed E-state index contributed by atoms with van der Waals surface area (Å²) in [6, 6.07) is 15.3. The van der Waals surface area contributed by atoms with Crippen molar-refractivity contribution in [2.45, 2.75) is 26.2 Å². The number of benzene rings is 2. The highest BCUT2D eigenvalue weighted by molar-refractivity contribution is 5.91. The van der Waals surface area contributed by atoms with Crippen LogP contribution in [-0.2, 0) is 26.2 Å². The highest BCUT2D eigenvalue weighted by Gasteiger charge is 2.20. The van der Waals surface area contributed by atoms with Crippen LogP contribution in [0.25, 0.3) is 0 Å². The third-order valence-electron chi connectivity index (χ3n) is 5.83. The first kappa shape index (κ1) is 22.1. The first-order valence-electron chi connectivity index (χ1n) is 11.4. The molecule has 0 spiro atoms. The van der Waals surface area contributed by atoms with E-state index in [0.717, 1.165) is 34.1 Å². The van der Waals surface area contributed by atoms with Gasteiger partial charge in [0.1, 0.15) is 12.0 Å². The van der Waals surface area contributed by atoms with Crippen LogP contribution in [0.1, 0.15) is 33.3 Å². The van der Waals surface area contributed by atoms with Crippen LogP contribution in [0.4, 0.5) is 0 Å². The summed E-state index contributed by atoms with van der Waals surface area (Å²) in [6.07, 6.45) is 2.93. The fraction of sp³-hybridized carbons (Fsp3) is 0.231. The topological polar surface area (TPSA) is 108 Å². The molecule has 0 atom stereocenters. The van der Waals surface area contributed by atoms with Gasteiger partial charge >= 0.3 is 0 Å². The molecule has 2 aliphatic rings. The minimum Gasteiger partial charge on any atom is -0.467 e. The third-order valence-corrected chi connectivity index (χ3v) is 5.83. The van der Waals surface area contributed by atoms with Gasteiger partial charge in [-0.1, -0.05) is 12.1 Å². The van der Waals surface area contributed by atoms with Crippen molar-refractivity contribution in [2.24, 2.45) is 0 Å². The van der Waals surface area contributed by atoms with E-state index in [1.807, 2.05) is 36.4 Å². The molecule has 4 heterocycles. The number of amides is 1. The maximum absolute atomic E-state index is 12.5. The van der Waals surface area contributed by atoms with Gasteiger partial charge in [-0.2, -0.15) is 0 Å². The van der Waals surface area contributed by atoms with Gasteiger partial charge in [0.2, 0.25) is 19.5 Å². The smallest absolute Gasteiger partial charge is 0.273 e. The van der Waals surface area contributed by atoms with Gasteiger partial charge in [-0.3, -0.25) is 9.69 Å². The molecule has 10 nitrogen and oxygen atoms in total. The van der Waals surface area contributed by atoms with Crippen molar-refractivity contribution in [3.8, 4) is 23.0 Å². The van der Waals surface area contributed by atoms with Crippen LogP contribution in [0.15, 0.2) is 69.9 Å². The van der Waals surface area contributed by atoms with Crippen LogP contribution in [0, 0.1) is 0 Å². The monoisotopic (exact) mass is 489 g/mol. The molecule has 0 fully saturated rings. The van der Waals surface area contributed by atoms with E-state index in [1.54, 1.807) is 18.4 Å². The summed E-state index contributed by atoms with van der Waals surface area (Å²) in [4.78, 5) is 19.1. The Morgan fingerprint density at radius 3 is 2.14 bits per heavy atom. The molecule has 10 heteroatoms. The molecule has 1 N–H and O–H groups in total. The van der Waals surface area contributed by atoms with Gasteiger partial charge in [-0.05, 0) is 47.5 Å². The number of nitrogens with zero attached hydrogens (tertiary/aromatic N) is 2. The molecule has 2 aliphatic heterocycles. The zero-order chi connectivity index (χ0) is 24.3. The standard InChI is InChI=1S/C26H23N3O7/c30-26(27-10-19-2-1-7-31-19)20-14-32-25(28-20)13-29(11-17-3-5-21-23(8-17)35-15-33-21)12-18-4-6-22-24(9-18)36-16-34-22/h1-9,14H,10-13,15-16H2,(H,27,30). The van der Waals surface area contributed by atoms with Gasteiger partial charge < -0.3 is 33.1 Å². The van der Waals surface area contributed by atoms with Crippen molar-refractivity contribution in [2.75, 3.05) is 13.6 Å². The average Bonchev–Trinajstić information content (AvgIpc) is 3.69. The van der Waals surface area contributed by atoms with E-state index < -0.39 is 0 Å². The quantitative estimate of drug-likeness (QED) is 0.375. The van der Waals surface area contributed by atoms with Gasteiger partial charge in [0.15, 0.2) is 28.7 Å². The van der Waals surface area contributed by atoms with Crippen molar-refractivity contribution < 1.29 is 32.6 Å². The van der Waals surface area contributed by atoms with Gasteiger partial charge in [0.05, 0.1) is 19.4 Å². The van der Waals surface area contributed by atoms with Gasteiger partial charge in [0, 0.05) is 13.1 Å². The number of nitrogens with one attached hydrogen (secondary N) is 1.